The predicted molar refractivity (Wildman–Crippen MR) is 39.5 cm³/mol. The highest BCUT2D eigenvalue weighted by atomic mass is 16.5. The fourth-order valence-corrected chi connectivity index (χ4v) is 0.912. The normalized spacial score (nSPS) is 10.3. The summed E-state index contributed by atoms with van der Waals surface area (Å²) in [6, 6.07) is 1.88. The Bertz CT molecular complexity index is 368. The van der Waals surface area contributed by atoms with Crippen LogP contribution in [0.15, 0.2) is 24.8 Å². The predicted octanol–water partition coefficient (Wildman–Crippen LogP) is 0.738. The van der Waals surface area contributed by atoms with Gasteiger partial charge in [-0.2, -0.15) is 5.10 Å². The van der Waals surface area contributed by atoms with E-state index in [1.807, 2.05) is 6.07 Å². The molecule has 0 saturated heterocycles. The van der Waals surface area contributed by atoms with E-state index < -0.39 is 0 Å². The highest BCUT2D eigenvalue weighted by Crippen LogP contribution is 2.10. The second kappa shape index (κ2) is 2.23. The van der Waals surface area contributed by atoms with Gasteiger partial charge in [-0.05, 0) is 0 Å². The molecule has 0 spiro atoms. The minimum absolute atomic E-state index is 0.748. The van der Waals surface area contributed by atoms with Gasteiger partial charge in [-0.1, -0.05) is 0 Å². The molecule has 0 aliphatic carbocycles. The van der Waals surface area contributed by atoms with Crippen molar-refractivity contribution in [3.8, 4) is 5.75 Å². The highest BCUT2D eigenvalue weighted by molar-refractivity contribution is 5.46. The van der Waals surface area contributed by atoms with Gasteiger partial charge in [-0.3, -0.25) is 0 Å². The Morgan fingerprint density at radius 3 is 3.18 bits per heavy atom. The molecule has 0 fully saturated rings. The van der Waals surface area contributed by atoms with Crippen LogP contribution in [0.4, 0.5) is 0 Å². The van der Waals surface area contributed by atoms with Crippen LogP contribution in [0.25, 0.3) is 5.52 Å². The number of hydrogen-bond acceptors (Lipinski definition) is 3. The molecule has 0 amide bonds. The highest BCUT2D eigenvalue weighted by Gasteiger charge is 1.95. The number of nitrogens with zero attached hydrogens (tertiary/aromatic N) is 3. The Labute approximate surface area is 63.4 Å². The topological polar surface area (TPSA) is 39.4 Å². The lowest BCUT2D eigenvalue weighted by Crippen LogP contribution is -1.90. The number of aromatic nitrogens is 3. The number of rotatable bonds is 1. The van der Waals surface area contributed by atoms with E-state index in [4.69, 9.17) is 4.74 Å². The Balaban J connectivity index is 2.67. The number of fused-ring (bicyclic) bond motifs is 1. The summed E-state index contributed by atoms with van der Waals surface area (Å²) in [5.74, 6) is 0.748. The molecule has 4 heteroatoms. The van der Waals surface area contributed by atoms with E-state index in [9.17, 15) is 0 Å². The molecule has 11 heavy (non-hydrogen) atoms. The molecule has 0 N–H and O–H groups in total. The van der Waals surface area contributed by atoms with E-state index in [1.165, 1.54) is 0 Å². The molecule has 0 bridgehead atoms. The third-order valence-corrected chi connectivity index (χ3v) is 1.48. The zero-order valence-corrected chi connectivity index (χ0v) is 6.06. The molecular formula is C7H7N3O. The zero-order chi connectivity index (χ0) is 7.68. The minimum atomic E-state index is 0.748. The zero-order valence-electron chi connectivity index (χ0n) is 6.06. The molecule has 56 valence electrons. The lowest BCUT2D eigenvalue weighted by atomic mass is 10.4. The summed E-state index contributed by atoms with van der Waals surface area (Å²) in [5.41, 5.74) is 0.935. The van der Waals surface area contributed by atoms with Crippen molar-refractivity contribution < 1.29 is 4.74 Å². The van der Waals surface area contributed by atoms with E-state index in [2.05, 4.69) is 10.1 Å². The molecule has 0 aliphatic rings. The van der Waals surface area contributed by atoms with Gasteiger partial charge in [0.05, 0.1) is 25.0 Å². The van der Waals surface area contributed by atoms with Gasteiger partial charge in [0, 0.05) is 6.07 Å². The lowest BCUT2D eigenvalue weighted by Gasteiger charge is -1.97. The van der Waals surface area contributed by atoms with Crippen LogP contribution in [0.2, 0.25) is 0 Å². The van der Waals surface area contributed by atoms with Crippen molar-refractivity contribution in [1.29, 1.82) is 0 Å². The summed E-state index contributed by atoms with van der Waals surface area (Å²) < 4.78 is 6.67. The van der Waals surface area contributed by atoms with Crippen molar-refractivity contribution in [3.05, 3.63) is 24.8 Å². The van der Waals surface area contributed by atoms with E-state index in [0.29, 0.717) is 0 Å². The van der Waals surface area contributed by atoms with Crippen LogP contribution < -0.4 is 4.74 Å². The van der Waals surface area contributed by atoms with Crippen molar-refractivity contribution in [3.63, 3.8) is 0 Å². The summed E-state index contributed by atoms with van der Waals surface area (Å²) in [7, 11) is 1.61. The van der Waals surface area contributed by atoms with Crippen molar-refractivity contribution in [1.82, 2.24) is 14.6 Å². The second-order valence-electron chi connectivity index (χ2n) is 2.16. The first-order valence-electron chi connectivity index (χ1n) is 3.22. The fraction of sp³-hybridized carbons (Fsp3) is 0.143. The van der Waals surface area contributed by atoms with Gasteiger partial charge in [-0.25, -0.2) is 9.50 Å². The van der Waals surface area contributed by atoms with E-state index in [-0.39, 0.29) is 0 Å². The Kier molecular flexibility index (Phi) is 1.25. The first kappa shape index (κ1) is 6.15. The third kappa shape index (κ3) is 0.920. The third-order valence-electron chi connectivity index (χ3n) is 1.48. The van der Waals surface area contributed by atoms with Crippen LogP contribution in [0, 0.1) is 0 Å². The Hall–Kier alpha value is -1.58. The Morgan fingerprint density at radius 1 is 1.45 bits per heavy atom. The maximum absolute atomic E-state index is 4.99. The molecule has 0 unspecified atom stereocenters. The molecule has 0 radical (unpaired) electrons. The van der Waals surface area contributed by atoms with Gasteiger partial charge < -0.3 is 4.74 Å². The lowest BCUT2D eigenvalue weighted by molar-refractivity contribution is 0.412. The van der Waals surface area contributed by atoms with Crippen LogP contribution in [0.3, 0.4) is 0 Å². The first-order valence-corrected chi connectivity index (χ1v) is 3.22. The van der Waals surface area contributed by atoms with Gasteiger partial charge in [-0.15, -0.1) is 0 Å². The van der Waals surface area contributed by atoms with Crippen LogP contribution in [-0.2, 0) is 0 Å². The molecule has 2 aromatic heterocycles. The molecule has 2 heterocycles. The molecule has 0 atom stereocenters. The smallest absolute Gasteiger partial charge is 0.141 e. The van der Waals surface area contributed by atoms with Crippen molar-refractivity contribution in [2.45, 2.75) is 0 Å². The monoisotopic (exact) mass is 149 g/mol. The quantitative estimate of drug-likeness (QED) is 0.600. The number of ether oxygens (including phenoxy) is 1. The van der Waals surface area contributed by atoms with Gasteiger partial charge in [0.1, 0.15) is 12.1 Å². The standard InChI is InChI=1S/C7H7N3O/c1-11-7-2-6-3-8-5-10(6)9-4-7/h2-5H,1H3. The van der Waals surface area contributed by atoms with E-state index in [1.54, 1.807) is 30.3 Å². The second-order valence-corrected chi connectivity index (χ2v) is 2.16. The summed E-state index contributed by atoms with van der Waals surface area (Å²) >= 11 is 0. The van der Waals surface area contributed by atoms with E-state index >= 15 is 0 Å². The summed E-state index contributed by atoms with van der Waals surface area (Å²) in [6.07, 6.45) is 5.03. The SMILES string of the molecule is COc1cnn2cncc2c1. The average Bonchev–Trinajstić information content (AvgIpc) is 2.50. The largest absolute Gasteiger partial charge is 0.495 e. The van der Waals surface area contributed by atoms with Crippen molar-refractivity contribution >= 4 is 5.52 Å². The van der Waals surface area contributed by atoms with Gasteiger partial charge in [0.15, 0.2) is 0 Å². The fourth-order valence-electron chi connectivity index (χ4n) is 0.912. The molecule has 2 rings (SSSR count). The maximum Gasteiger partial charge on any atom is 0.141 e. The maximum atomic E-state index is 4.99. The number of hydrogen-bond donors (Lipinski definition) is 0. The summed E-state index contributed by atoms with van der Waals surface area (Å²) in [6.45, 7) is 0. The Morgan fingerprint density at radius 2 is 2.36 bits per heavy atom. The summed E-state index contributed by atoms with van der Waals surface area (Å²) in [4.78, 5) is 3.92. The number of methoxy groups -OCH3 is 1. The van der Waals surface area contributed by atoms with Crippen molar-refractivity contribution in [2.24, 2.45) is 0 Å². The van der Waals surface area contributed by atoms with Gasteiger partial charge in [0.25, 0.3) is 0 Å². The van der Waals surface area contributed by atoms with Crippen LogP contribution in [0.1, 0.15) is 0 Å². The minimum Gasteiger partial charge on any atom is -0.495 e. The summed E-state index contributed by atoms with van der Waals surface area (Å²) in [5, 5.41) is 4.04. The van der Waals surface area contributed by atoms with Crippen LogP contribution >= 0.6 is 0 Å². The molecule has 0 aliphatic heterocycles. The molecule has 2 aromatic rings. The van der Waals surface area contributed by atoms with E-state index in [0.717, 1.165) is 11.3 Å². The molecular weight excluding hydrogens is 142 g/mol. The first-order chi connectivity index (χ1) is 5.40. The van der Waals surface area contributed by atoms with Gasteiger partial charge in [0.2, 0.25) is 0 Å². The van der Waals surface area contributed by atoms with Crippen LogP contribution in [0.5, 0.6) is 5.75 Å². The van der Waals surface area contributed by atoms with Crippen molar-refractivity contribution in [2.75, 3.05) is 7.11 Å². The molecule has 4 nitrogen and oxygen atoms in total. The molecule has 0 saturated carbocycles. The average molecular weight is 149 g/mol. The number of imidazole rings is 1. The van der Waals surface area contributed by atoms with Gasteiger partial charge >= 0.3 is 0 Å². The molecule has 0 aromatic carbocycles. The van der Waals surface area contributed by atoms with Crippen LogP contribution in [-0.4, -0.2) is 21.7 Å².